The number of ether oxygens (including phenoxy) is 3. The molecule has 3 aromatic carbocycles. The Hall–Kier alpha value is -4.40. The van der Waals surface area contributed by atoms with Gasteiger partial charge in [0.1, 0.15) is 12.4 Å². The Labute approximate surface area is 184 Å². The number of amides is 1. The summed E-state index contributed by atoms with van der Waals surface area (Å²) in [5.41, 5.74) is 3.61. The lowest BCUT2D eigenvalue weighted by Gasteiger charge is -2.12. The van der Waals surface area contributed by atoms with Crippen LogP contribution >= 0.6 is 0 Å². The van der Waals surface area contributed by atoms with Crippen LogP contribution in [0.25, 0.3) is 0 Å². The van der Waals surface area contributed by atoms with Gasteiger partial charge in [0.2, 0.25) is 5.75 Å². The van der Waals surface area contributed by atoms with Crippen molar-refractivity contribution in [2.75, 3.05) is 14.2 Å². The van der Waals surface area contributed by atoms with E-state index in [1.807, 2.05) is 30.3 Å². The van der Waals surface area contributed by atoms with Crippen molar-refractivity contribution in [2.24, 2.45) is 5.10 Å². The number of hydrazone groups is 1. The SMILES string of the molecule is COc1ccccc1C(=O)N/N=C/c1cc(OC)c(OCc2ccccc2)c([N+](=O)[O-])c1. The molecule has 3 aromatic rings. The van der Waals surface area contributed by atoms with Gasteiger partial charge in [0, 0.05) is 11.6 Å². The molecule has 0 aromatic heterocycles. The summed E-state index contributed by atoms with van der Waals surface area (Å²) in [7, 11) is 2.85. The molecular weight excluding hydrogens is 414 g/mol. The minimum Gasteiger partial charge on any atom is -0.496 e. The number of nitrogens with zero attached hydrogens (tertiary/aromatic N) is 2. The van der Waals surface area contributed by atoms with Crippen LogP contribution in [0.1, 0.15) is 21.5 Å². The van der Waals surface area contributed by atoms with E-state index in [1.165, 1.54) is 32.6 Å². The molecule has 0 spiro atoms. The molecule has 0 atom stereocenters. The molecule has 1 amide bonds. The van der Waals surface area contributed by atoms with Gasteiger partial charge in [-0.25, -0.2) is 5.43 Å². The molecule has 0 saturated carbocycles. The Balaban J connectivity index is 1.80. The van der Waals surface area contributed by atoms with Gasteiger partial charge in [-0.05, 0) is 23.8 Å². The molecule has 9 nitrogen and oxygen atoms in total. The van der Waals surface area contributed by atoms with Gasteiger partial charge in [-0.3, -0.25) is 14.9 Å². The second-order valence-electron chi connectivity index (χ2n) is 6.50. The van der Waals surface area contributed by atoms with Gasteiger partial charge in [-0.15, -0.1) is 0 Å². The van der Waals surface area contributed by atoms with E-state index in [2.05, 4.69) is 10.5 Å². The molecule has 1 N–H and O–H groups in total. The maximum atomic E-state index is 12.3. The predicted octanol–water partition coefficient (Wildman–Crippen LogP) is 3.95. The molecule has 0 aliphatic heterocycles. The Morgan fingerprint density at radius 3 is 2.41 bits per heavy atom. The molecule has 0 heterocycles. The standard InChI is InChI=1S/C23H21N3O6/c1-30-20-11-7-6-10-18(20)23(27)25-24-14-17-12-19(26(28)29)22(21(13-17)31-2)32-15-16-8-4-3-5-9-16/h3-14H,15H2,1-2H3,(H,25,27)/b24-14+. The summed E-state index contributed by atoms with van der Waals surface area (Å²) in [5, 5.41) is 15.5. The topological polar surface area (TPSA) is 112 Å². The highest BCUT2D eigenvalue weighted by Crippen LogP contribution is 2.38. The van der Waals surface area contributed by atoms with Crippen molar-refractivity contribution in [1.82, 2.24) is 5.43 Å². The summed E-state index contributed by atoms with van der Waals surface area (Å²) in [6, 6.07) is 18.8. The third kappa shape index (κ3) is 5.39. The quantitative estimate of drug-likeness (QED) is 0.309. The second-order valence-corrected chi connectivity index (χ2v) is 6.50. The summed E-state index contributed by atoms with van der Waals surface area (Å²) in [6.45, 7) is 0.139. The number of para-hydroxylation sites is 1. The Morgan fingerprint density at radius 2 is 1.72 bits per heavy atom. The normalized spacial score (nSPS) is 10.6. The zero-order valence-corrected chi connectivity index (χ0v) is 17.5. The van der Waals surface area contributed by atoms with Crippen molar-refractivity contribution in [3.05, 3.63) is 93.5 Å². The zero-order valence-electron chi connectivity index (χ0n) is 17.5. The van der Waals surface area contributed by atoms with Gasteiger partial charge in [0.05, 0.1) is 30.9 Å². The predicted molar refractivity (Wildman–Crippen MR) is 118 cm³/mol. The fourth-order valence-electron chi connectivity index (χ4n) is 2.90. The molecule has 0 radical (unpaired) electrons. The Bertz CT molecular complexity index is 1130. The van der Waals surface area contributed by atoms with E-state index in [1.54, 1.807) is 24.3 Å². The number of carbonyl (C=O) groups is 1. The fraction of sp³-hybridized carbons (Fsp3) is 0.130. The van der Waals surface area contributed by atoms with Crippen LogP contribution in [0.5, 0.6) is 17.2 Å². The molecule has 0 bridgehead atoms. The number of nitrogens with one attached hydrogen (secondary N) is 1. The zero-order chi connectivity index (χ0) is 22.9. The van der Waals surface area contributed by atoms with E-state index in [0.717, 1.165) is 5.56 Å². The van der Waals surface area contributed by atoms with Crippen molar-refractivity contribution in [2.45, 2.75) is 6.61 Å². The van der Waals surface area contributed by atoms with E-state index >= 15 is 0 Å². The van der Waals surface area contributed by atoms with Crippen LogP contribution < -0.4 is 19.6 Å². The van der Waals surface area contributed by atoms with Gasteiger partial charge in [0.15, 0.2) is 5.75 Å². The summed E-state index contributed by atoms with van der Waals surface area (Å²) in [6.07, 6.45) is 1.28. The lowest BCUT2D eigenvalue weighted by atomic mass is 10.1. The van der Waals surface area contributed by atoms with Crippen molar-refractivity contribution in [3.63, 3.8) is 0 Å². The minimum absolute atomic E-state index is 0.0107. The number of nitro benzene ring substituents is 1. The van der Waals surface area contributed by atoms with Crippen molar-refractivity contribution >= 4 is 17.8 Å². The third-order valence-electron chi connectivity index (χ3n) is 4.43. The molecular formula is C23H21N3O6. The monoisotopic (exact) mass is 435 g/mol. The van der Waals surface area contributed by atoms with Crippen LogP contribution in [0, 0.1) is 10.1 Å². The molecule has 0 saturated heterocycles. The Morgan fingerprint density at radius 1 is 1.03 bits per heavy atom. The van der Waals surface area contributed by atoms with Crippen molar-refractivity contribution in [1.29, 1.82) is 0 Å². The van der Waals surface area contributed by atoms with E-state index in [-0.39, 0.29) is 23.8 Å². The van der Waals surface area contributed by atoms with E-state index in [4.69, 9.17) is 14.2 Å². The first-order valence-corrected chi connectivity index (χ1v) is 9.53. The number of carbonyl (C=O) groups excluding carboxylic acids is 1. The number of hydrogen-bond acceptors (Lipinski definition) is 7. The van der Waals surface area contributed by atoms with E-state index in [9.17, 15) is 14.9 Å². The first kappa shape index (κ1) is 22.3. The van der Waals surface area contributed by atoms with Crippen LogP contribution in [0.2, 0.25) is 0 Å². The third-order valence-corrected chi connectivity index (χ3v) is 4.43. The van der Waals surface area contributed by atoms with Crippen LogP contribution in [0.4, 0.5) is 5.69 Å². The van der Waals surface area contributed by atoms with E-state index < -0.39 is 10.8 Å². The number of nitro groups is 1. The van der Waals surface area contributed by atoms with Crippen LogP contribution in [0.3, 0.4) is 0 Å². The van der Waals surface area contributed by atoms with Crippen LogP contribution in [-0.2, 0) is 6.61 Å². The first-order chi connectivity index (χ1) is 15.5. The molecule has 0 aliphatic rings. The molecule has 0 unspecified atom stereocenters. The van der Waals surface area contributed by atoms with Gasteiger partial charge < -0.3 is 14.2 Å². The van der Waals surface area contributed by atoms with Gasteiger partial charge in [-0.2, -0.15) is 5.10 Å². The minimum atomic E-state index is -0.562. The summed E-state index contributed by atoms with van der Waals surface area (Å²) < 4.78 is 16.1. The summed E-state index contributed by atoms with van der Waals surface area (Å²) in [5.74, 6) is 0.101. The second kappa shape index (κ2) is 10.6. The number of rotatable bonds is 9. The highest BCUT2D eigenvalue weighted by Gasteiger charge is 2.22. The molecule has 0 aliphatic carbocycles. The Kier molecular flexibility index (Phi) is 7.37. The van der Waals surface area contributed by atoms with Gasteiger partial charge >= 0.3 is 5.69 Å². The largest absolute Gasteiger partial charge is 0.496 e. The molecule has 0 fully saturated rings. The maximum absolute atomic E-state index is 12.3. The van der Waals surface area contributed by atoms with Crippen molar-refractivity contribution < 1.29 is 23.9 Å². The number of benzene rings is 3. The molecule has 9 heteroatoms. The summed E-state index contributed by atoms with van der Waals surface area (Å²) in [4.78, 5) is 23.4. The molecule has 3 rings (SSSR count). The maximum Gasteiger partial charge on any atom is 0.315 e. The van der Waals surface area contributed by atoms with Crippen molar-refractivity contribution in [3.8, 4) is 17.2 Å². The molecule has 164 valence electrons. The van der Waals surface area contributed by atoms with E-state index in [0.29, 0.717) is 16.9 Å². The van der Waals surface area contributed by atoms with Gasteiger partial charge in [0.25, 0.3) is 5.91 Å². The lowest BCUT2D eigenvalue weighted by molar-refractivity contribution is -0.386. The average molecular weight is 435 g/mol. The summed E-state index contributed by atoms with van der Waals surface area (Å²) >= 11 is 0. The number of hydrogen-bond donors (Lipinski definition) is 1. The van der Waals surface area contributed by atoms with Crippen LogP contribution in [-0.4, -0.2) is 31.3 Å². The van der Waals surface area contributed by atoms with Gasteiger partial charge in [-0.1, -0.05) is 42.5 Å². The average Bonchev–Trinajstić information content (AvgIpc) is 2.83. The first-order valence-electron chi connectivity index (χ1n) is 9.53. The highest BCUT2D eigenvalue weighted by molar-refractivity contribution is 5.97. The number of methoxy groups -OCH3 is 2. The highest BCUT2D eigenvalue weighted by atomic mass is 16.6. The van der Waals surface area contributed by atoms with Crippen LogP contribution in [0.15, 0.2) is 71.8 Å². The molecule has 32 heavy (non-hydrogen) atoms. The smallest absolute Gasteiger partial charge is 0.315 e. The lowest BCUT2D eigenvalue weighted by Crippen LogP contribution is -2.18. The fourth-order valence-corrected chi connectivity index (χ4v) is 2.90.